The number of hydrogen-bond acceptors (Lipinski definition) is 2. The number of hydrogen-bond donors (Lipinski definition) is 1. The van der Waals surface area contributed by atoms with Gasteiger partial charge in [0.25, 0.3) is 0 Å². The first-order chi connectivity index (χ1) is 9.31. The average Bonchev–Trinajstić information content (AvgIpc) is 2.85. The number of fused-ring (bicyclic) bond motifs is 1. The summed E-state index contributed by atoms with van der Waals surface area (Å²) in [7, 11) is 1.30. The van der Waals surface area contributed by atoms with Gasteiger partial charge >= 0.3 is 0 Å². The lowest BCUT2D eigenvalue weighted by molar-refractivity contribution is 0.494. The predicted octanol–water partition coefficient (Wildman–Crippen LogP) is 2.95. The van der Waals surface area contributed by atoms with Crippen LogP contribution in [-0.4, -0.2) is 21.8 Å². The van der Waals surface area contributed by atoms with Crippen molar-refractivity contribution in [3.63, 3.8) is 0 Å². The molecule has 104 valence electrons. The van der Waals surface area contributed by atoms with Crippen LogP contribution < -0.4 is 5.32 Å². The Morgan fingerprint density at radius 1 is 1.16 bits per heavy atom. The molecule has 0 aliphatic heterocycles. The van der Waals surface area contributed by atoms with Crippen LogP contribution in [0, 0.1) is 0 Å². The summed E-state index contributed by atoms with van der Waals surface area (Å²) >= 11 is 0. The third-order valence-electron chi connectivity index (χ3n) is 4.67. The molecule has 0 amide bonds. The van der Waals surface area contributed by atoms with E-state index >= 15 is 0 Å². The van der Waals surface area contributed by atoms with Gasteiger partial charge in [-0.2, -0.15) is 0 Å². The molecule has 3 unspecified atom stereocenters. The lowest BCUT2D eigenvalue weighted by Crippen LogP contribution is -2.35. The molecule has 2 nitrogen and oxygen atoms in total. The van der Waals surface area contributed by atoms with Crippen LogP contribution >= 0.6 is 0 Å². The van der Waals surface area contributed by atoms with E-state index in [4.69, 9.17) is 0 Å². The first-order valence-corrected chi connectivity index (χ1v) is 8.73. The minimum atomic E-state index is -0.701. The second-order valence-corrected chi connectivity index (χ2v) is 7.73. The van der Waals surface area contributed by atoms with Crippen LogP contribution in [0.3, 0.4) is 0 Å². The highest BCUT2D eigenvalue weighted by atomic mass is 32.2. The van der Waals surface area contributed by atoms with Crippen LogP contribution in [0.4, 0.5) is 0 Å². The third kappa shape index (κ3) is 2.50. The molecule has 0 saturated heterocycles. The summed E-state index contributed by atoms with van der Waals surface area (Å²) in [4.78, 5) is 0. The molecule has 1 N–H and O–H groups in total. The highest BCUT2D eigenvalue weighted by Gasteiger charge is 2.38. The molecule has 1 aromatic carbocycles. The first-order valence-electron chi connectivity index (χ1n) is 7.45. The number of rotatable bonds is 3. The molecular weight excluding hydrogens is 254 g/mol. The average molecular weight is 277 g/mol. The maximum absolute atomic E-state index is 12.9. The predicted molar refractivity (Wildman–Crippen MR) is 80.8 cm³/mol. The maximum Gasteiger partial charge on any atom is 0.0586 e. The van der Waals surface area contributed by atoms with Crippen molar-refractivity contribution in [3.05, 3.63) is 35.4 Å². The van der Waals surface area contributed by atoms with Crippen molar-refractivity contribution in [2.75, 3.05) is 7.05 Å². The summed E-state index contributed by atoms with van der Waals surface area (Å²) in [6, 6.07) is 8.85. The fourth-order valence-corrected chi connectivity index (χ4v) is 5.85. The Balaban J connectivity index is 1.80. The second-order valence-electron chi connectivity index (χ2n) is 5.80. The number of benzene rings is 1. The topological polar surface area (TPSA) is 29.1 Å². The van der Waals surface area contributed by atoms with Gasteiger partial charge in [0.05, 0.1) is 5.25 Å². The van der Waals surface area contributed by atoms with E-state index in [2.05, 4.69) is 29.6 Å². The number of nitrogens with one attached hydrogen (secondary N) is 1. The Bertz CT molecular complexity index is 468. The minimum absolute atomic E-state index is 0.269. The molecule has 0 heterocycles. The van der Waals surface area contributed by atoms with Crippen molar-refractivity contribution in [2.45, 2.75) is 55.1 Å². The normalized spacial score (nSPS) is 29.1. The van der Waals surface area contributed by atoms with Crippen molar-refractivity contribution >= 4 is 10.8 Å². The highest BCUT2D eigenvalue weighted by molar-refractivity contribution is 7.86. The quantitative estimate of drug-likeness (QED) is 0.920. The molecule has 3 heteroatoms. The van der Waals surface area contributed by atoms with E-state index in [-0.39, 0.29) is 11.3 Å². The van der Waals surface area contributed by atoms with Gasteiger partial charge < -0.3 is 5.32 Å². The third-order valence-corrected chi connectivity index (χ3v) is 6.84. The Kier molecular flexibility index (Phi) is 4.04. The monoisotopic (exact) mass is 277 g/mol. The molecule has 3 atom stereocenters. The fourth-order valence-electron chi connectivity index (χ4n) is 3.66. The van der Waals surface area contributed by atoms with Crippen LogP contribution in [0.1, 0.15) is 49.3 Å². The zero-order valence-corrected chi connectivity index (χ0v) is 12.4. The van der Waals surface area contributed by atoms with Crippen LogP contribution in [0.5, 0.6) is 0 Å². The van der Waals surface area contributed by atoms with E-state index in [1.165, 1.54) is 30.4 Å². The Hall–Kier alpha value is -0.670. The van der Waals surface area contributed by atoms with Crippen LogP contribution in [0.2, 0.25) is 0 Å². The lowest BCUT2D eigenvalue weighted by atomic mass is 10.0. The van der Waals surface area contributed by atoms with Gasteiger partial charge in [-0.05, 0) is 37.4 Å². The Morgan fingerprint density at radius 2 is 1.89 bits per heavy atom. The Labute approximate surface area is 118 Å². The molecular formula is C16H23NOS. The van der Waals surface area contributed by atoms with E-state index in [0.717, 1.165) is 19.3 Å². The van der Waals surface area contributed by atoms with Crippen molar-refractivity contribution < 1.29 is 4.21 Å². The molecule has 0 aromatic heterocycles. The van der Waals surface area contributed by atoms with Crippen LogP contribution in [0.15, 0.2) is 24.3 Å². The van der Waals surface area contributed by atoms with Crippen LogP contribution in [-0.2, 0) is 17.2 Å². The SMILES string of the molecule is CNC1c2ccccc2CC1S(=O)C1CCCCC1. The zero-order valence-electron chi connectivity index (χ0n) is 11.6. The summed E-state index contributed by atoms with van der Waals surface area (Å²) < 4.78 is 12.9. The van der Waals surface area contributed by atoms with Gasteiger partial charge in [-0.3, -0.25) is 4.21 Å². The first kappa shape index (κ1) is 13.3. The molecule has 3 rings (SSSR count). The Morgan fingerprint density at radius 3 is 2.63 bits per heavy atom. The van der Waals surface area contributed by atoms with Gasteiger partial charge in [-0.25, -0.2) is 0 Å². The fraction of sp³-hybridized carbons (Fsp3) is 0.625. The van der Waals surface area contributed by atoms with Gasteiger partial charge in [-0.1, -0.05) is 43.5 Å². The van der Waals surface area contributed by atoms with Gasteiger partial charge in [-0.15, -0.1) is 0 Å². The summed E-state index contributed by atoms with van der Waals surface area (Å²) in [6.07, 6.45) is 7.16. The molecule has 2 aliphatic carbocycles. The van der Waals surface area contributed by atoms with E-state index in [1.807, 2.05) is 7.05 Å². The largest absolute Gasteiger partial charge is 0.312 e. The van der Waals surface area contributed by atoms with Crippen molar-refractivity contribution in [2.24, 2.45) is 0 Å². The van der Waals surface area contributed by atoms with Gasteiger partial charge in [0.1, 0.15) is 0 Å². The molecule has 2 aliphatic rings. The van der Waals surface area contributed by atoms with Crippen molar-refractivity contribution in [1.82, 2.24) is 5.32 Å². The zero-order chi connectivity index (χ0) is 13.2. The van der Waals surface area contributed by atoms with Crippen LogP contribution in [0.25, 0.3) is 0 Å². The van der Waals surface area contributed by atoms with E-state index in [9.17, 15) is 4.21 Å². The van der Waals surface area contributed by atoms with Gasteiger partial charge in [0, 0.05) is 22.1 Å². The molecule has 0 bridgehead atoms. The van der Waals surface area contributed by atoms with E-state index in [1.54, 1.807) is 0 Å². The minimum Gasteiger partial charge on any atom is -0.312 e. The van der Waals surface area contributed by atoms with Crippen molar-refractivity contribution in [1.29, 1.82) is 0 Å². The summed E-state index contributed by atoms with van der Waals surface area (Å²) in [5.41, 5.74) is 2.75. The maximum atomic E-state index is 12.9. The van der Waals surface area contributed by atoms with Gasteiger partial charge in [0.15, 0.2) is 0 Å². The standard InChI is InChI=1S/C16H23NOS/c1-17-16-14-10-6-5-7-12(14)11-15(16)19(18)13-8-3-2-4-9-13/h5-7,10,13,15-17H,2-4,8-9,11H2,1H3. The highest BCUT2D eigenvalue weighted by Crippen LogP contribution is 2.37. The summed E-state index contributed by atoms with van der Waals surface area (Å²) in [5, 5.41) is 4.10. The smallest absolute Gasteiger partial charge is 0.0586 e. The second kappa shape index (κ2) is 5.76. The molecule has 0 radical (unpaired) electrons. The van der Waals surface area contributed by atoms with Crippen molar-refractivity contribution in [3.8, 4) is 0 Å². The molecule has 1 fully saturated rings. The molecule has 19 heavy (non-hydrogen) atoms. The van der Waals surface area contributed by atoms with E-state index in [0.29, 0.717) is 5.25 Å². The summed E-state index contributed by atoms with van der Waals surface area (Å²) in [5.74, 6) is 0. The lowest BCUT2D eigenvalue weighted by Gasteiger charge is -2.27. The van der Waals surface area contributed by atoms with E-state index < -0.39 is 10.8 Å². The summed E-state index contributed by atoms with van der Waals surface area (Å²) in [6.45, 7) is 0. The van der Waals surface area contributed by atoms with Gasteiger partial charge in [0.2, 0.25) is 0 Å². The molecule has 1 saturated carbocycles. The molecule has 1 aromatic rings. The molecule has 0 spiro atoms.